The van der Waals surface area contributed by atoms with E-state index >= 15 is 0 Å². The molecule has 2 bridgehead atoms. The van der Waals surface area contributed by atoms with E-state index in [2.05, 4.69) is 16.3 Å². The van der Waals surface area contributed by atoms with Gasteiger partial charge in [-0.25, -0.2) is 4.79 Å². The molecule has 2 atom stereocenters. The summed E-state index contributed by atoms with van der Waals surface area (Å²) in [6, 6.07) is 16.9. The zero-order valence-electron chi connectivity index (χ0n) is 18.7. The van der Waals surface area contributed by atoms with Gasteiger partial charge in [0.1, 0.15) is 18.1 Å². The molecule has 2 aromatic rings. The van der Waals surface area contributed by atoms with Crippen molar-refractivity contribution in [3.8, 4) is 17.6 Å². The summed E-state index contributed by atoms with van der Waals surface area (Å²) in [6.45, 7) is 3.45. The van der Waals surface area contributed by atoms with Crippen LogP contribution in [-0.4, -0.2) is 62.3 Å². The Hall–Kier alpha value is -3.24. The van der Waals surface area contributed by atoms with Crippen LogP contribution in [0.5, 0.6) is 11.5 Å². The molecule has 7 heteroatoms. The third-order valence-electron chi connectivity index (χ3n) is 6.63. The smallest absolute Gasteiger partial charge is 0.321 e. The van der Waals surface area contributed by atoms with E-state index in [1.807, 2.05) is 48.3 Å². The Balaban J connectivity index is 1.27. The van der Waals surface area contributed by atoms with Crippen LogP contribution in [-0.2, 0) is 0 Å². The first kappa shape index (κ1) is 22.0. The van der Waals surface area contributed by atoms with Crippen molar-refractivity contribution in [3.63, 3.8) is 0 Å². The highest BCUT2D eigenvalue weighted by molar-refractivity contribution is 5.89. The second kappa shape index (κ2) is 9.92. The molecular weight excluding hydrogens is 404 g/mol. The van der Waals surface area contributed by atoms with Gasteiger partial charge in [-0.3, -0.25) is 4.90 Å². The predicted molar refractivity (Wildman–Crippen MR) is 123 cm³/mol. The normalized spacial score (nSPS) is 22.1. The Morgan fingerprint density at radius 2 is 1.72 bits per heavy atom. The highest BCUT2D eigenvalue weighted by Crippen LogP contribution is 2.39. The molecule has 1 aliphatic carbocycles. The third-order valence-corrected chi connectivity index (χ3v) is 6.63. The van der Waals surface area contributed by atoms with Gasteiger partial charge in [0.2, 0.25) is 0 Å². The average Bonchev–Trinajstić information content (AvgIpc) is 3.09. The van der Waals surface area contributed by atoms with Gasteiger partial charge < -0.3 is 19.7 Å². The number of benzene rings is 2. The van der Waals surface area contributed by atoms with Gasteiger partial charge >= 0.3 is 6.03 Å². The SMILES string of the molecule is COc1ccc(NC(=O)N(C)C2C3CCC2CN(CCOc2ccc(C#N)cc2)C3)cc1. The number of methoxy groups -OCH3 is 1. The van der Waals surface area contributed by atoms with Crippen LogP contribution in [0.3, 0.4) is 0 Å². The van der Waals surface area contributed by atoms with Gasteiger partial charge in [0.05, 0.1) is 18.7 Å². The Morgan fingerprint density at radius 3 is 2.31 bits per heavy atom. The minimum absolute atomic E-state index is 0.0605. The van der Waals surface area contributed by atoms with Gasteiger partial charge in [0.25, 0.3) is 0 Å². The van der Waals surface area contributed by atoms with E-state index in [9.17, 15) is 4.79 Å². The number of carbonyl (C=O) groups excluding carboxylic acids is 1. The molecule has 0 aromatic heterocycles. The van der Waals surface area contributed by atoms with E-state index in [0.717, 1.165) is 49.7 Å². The summed E-state index contributed by atoms with van der Waals surface area (Å²) in [5, 5.41) is 11.9. The first-order valence-corrected chi connectivity index (χ1v) is 11.1. The van der Waals surface area contributed by atoms with E-state index in [-0.39, 0.29) is 12.1 Å². The molecule has 7 nitrogen and oxygen atoms in total. The number of ether oxygens (including phenoxy) is 2. The van der Waals surface area contributed by atoms with Crippen LogP contribution in [0.15, 0.2) is 48.5 Å². The lowest BCUT2D eigenvalue weighted by Gasteiger charge is -2.42. The largest absolute Gasteiger partial charge is 0.497 e. The number of nitriles is 1. The highest BCUT2D eigenvalue weighted by atomic mass is 16.5. The van der Waals surface area contributed by atoms with Crippen LogP contribution in [0.1, 0.15) is 18.4 Å². The zero-order chi connectivity index (χ0) is 22.5. The molecular formula is C25H30N4O3. The first-order valence-electron chi connectivity index (χ1n) is 11.1. The number of likely N-dealkylation sites (tertiary alicyclic amines) is 1. The molecule has 1 saturated heterocycles. The van der Waals surface area contributed by atoms with Crippen molar-refractivity contribution in [1.29, 1.82) is 5.26 Å². The topological polar surface area (TPSA) is 77.8 Å². The Kier molecular flexibility index (Phi) is 6.81. The lowest BCUT2D eigenvalue weighted by molar-refractivity contribution is 0.0719. The maximum atomic E-state index is 12.9. The van der Waals surface area contributed by atoms with Gasteiger partial charge in [-0.1, -0.05) is 0 Å². The fraction of sp³-hybridized carbons (Fsp3) is 0.440. The van der Waals surface area contributed by atoms with Gasteiger partial charge in [-0.05, 0) is 73.2 Å². The molecule has 32 heavy (non-hydrogen) atoms. The summed E-state index contributed by atoms with van der Waals surface area (Å²) in [7, 11) is 3.54. The van der Waals surface area contributed by atoms with Gasteiger partial charge in [-0.2, -0.15) is 5.26 Å². The van der Waals surface area contributed by atoms with Crippen LogP contribution >= 0.6 is 0 Å². The summed E-state index contributed by atoms with van der Waals surface area (Å²) in [4.78, 5) is 17.2. The summed E-state index contributed by atoms with van der Waals surface area (Å²) in [5.41, 5.74) is 1.41. The van der Waals surface area contributed by atoms with Crippen LogP contribution in [0, 0.1) is 23.2 Å². The number of anilines is 1. The maximum Gasteiger partial charge on any atom is 0.321 e. The third kappa shape index (κ3) is 4.97. The fourth-order valence-electron chi connectivity index (χ4n) is 5.05. The van der Waals surface area contributed by atoms with Crippen LogP contribution in [0.4, 0.5) is 10.5 Å². The standard InChI is InChI=1S/C25H30N4O3/c1-28(25(30)27-21-7-11-22(31-2)12-8-21)24-19-5-6-20(24)17-29(16-19)13-14-32-23-9-3-18(15-26)4-10-23/h3-4,7-12,19-20,24H,5-6,13-14,16-17H2,1-2H3,(H,27,30). The molecule has 1 heterocycles. The Morgan fingerprint density at radius 1 is 1.09 bits per heavy atom. The monoisotopic (exact) mass is 434 g/mol. The number of nitrogens with zero attached hydrogens (tertiary/aromatic N) is 3. The van der Waals surface area contributed by atoms with Crippen LogP contribution in [0.25, 0.3) is 0 Å². The summed E-state index contributed by atoms with van der Waals surface area (Å²) in [6.07, 6.45) is 2.31. The number of piperidine rings is 1. The average molecular weight is 435 g/mol. The molecule has 1 saturated carbocycles. The second-order valence-corrected chi connectivity index (χ2v) is 8.60. The number of rotatable bonds is 7. The minimum atomic E-state index is -0.0605. The van der Waals surface area contributed by atoms with Crippen LogP contribution < -0.4 is 14.8 Å². The summed E-state index contributed by atoms with van der Waals surface area (Å²) < 4.78 is 11.0. The first-order chi connectivity index (χ1) is 15.6. The van der Waals surface area contributed by atoms with Crippen molar-refractivity contribution in [2.24, 2.45) is 11.8 Å². The Labute approximate surface area is 189 Å². The maximum absolute atomic E-state index is 12.9. The molecule has 0 radical (unpaired) electrons. The number of carbonyl (C=O) groups is 1. The van der Waals surface area contributed by atoms with E-state index in [1.165, 1.54) is 0 Å². The van der Waals surface area contributed by atoms with Gasteiger partial charge in [0, 0.05) is 38.4 Å². The molecule has 2 aromatic carbocycles. The van der Waals surface area contributed by atoms with Crippen LogP contribution in [0.2, 0.25) is 0 Å². The van der Waals surface area contributed by atoms with E-state index in [4.69, 9.17) is 14.7 Å². The summed E-state index contributed by atoms with van der Waals surface area (Å²) >= 11 is 0. The number of hydrogen-bond acceptors (Lipinski definition) is 5. The number of hydrogen-bond donors (Lipinski definition) is 1. The van der Waals surface area contributed by atoms with Crippen molar-refractivity contribution in [1.82, 2.24) is 9.80 Å². The molecule has 2 aliphatic rings. The lowest BCUT2D eigenvalue weighted by Crippen LogP contribution is -2.54. The van der Waals surface area contributed by atoms with Crippen molar-refractivity contribution in [2.75, 3.05) is 45.7 Å². The van der Waals surface area contributed by atoms with Crippen molar-refractivity contribution < 1.29 is 14.3 Å². The molecule has 168 valence electrons. The molecule has 1 N–H and O–H groups in total. The molecule has 2 fully saturated rings. The Bertz CT molecular complexity index is 941. The number of nitrogens with one attached hydrogen (secondary N) is 1. The minimum Gasteiger partial charge on any atom is -0.497 e. The van der Waals surface area contributed by atoms with Gasteiger partial charge in [-0.15, -0.1) is 0 Å². The van der Waals surface area contributed by atoms with E-state index in [1.54, 1.807) is 19.2 Å². The second-order valence-electron chi connectivity index (χ2n) is 8.60. The van der Waals surface area contributed by atoms with Crippen molar-refractivity contribution in [3.05, 3.63) is 54.1 Å². The van der Waals surface area contributed by atoms with Gasteiger partial charge in [0.15, 0.2) is 0 Å². The van der Waals surface area contributed by atoms with E-state index < -0.39 is 0 Å². The quantitative estimate of drug-likeness (QED) is 0.717. The molecule has 4 rings (SSSR count). The lowest BCUT2D eigenvalue weighted by atomic mass is 9.91. The number of urea groups is 1. The molecule has 2 amide bonds. The summed E-state index contributed by atoms with van der Waals surface area (Å²) in [5.74, 6) is 2.52. The van der Waals surface area contributed by atoms with Crippen molar-refractivity contribution in [2.45, 2.75) is 18.9 Å². The fourth-order valence-corrected chi connectivity index (χ4v) is 5.05. The molecule has 2 unspecified atom stereocenters. The number of amides is 2. The van der Waals surface area contributed by atoms with Crippen molar-refractivity contribution >= 4 is 11.7 Å². The highest BCUT2D eigenvalue weighted by Gasteiger charge is 2.45. The molecule has 0 spiro atoms. The molecule has 1 aliphatic heterocycles. The predicted octanol–water partition coefficient (Wildman–Crippen LogP) is 3.82. The number of fused-ring (bicyclic) bond motifs is 2. The van der Waals surface area contributed by atoms with E-state index in [0.29, 0.717) is 24.0 Å². The zero-order valence-corrected chi connectivity index (χ0v) is 18.7.